The third-order valence-corrected chi connectivity index (χ3v) is 5.34. The van der Waals surface area contributed by atoms with Gasteiger partial charge in [-0.1, -0.05) is 18.2 Å². The highest BCUT2D eigenvalue weighted by Gasteiger charge is 2.73. The molecule has 0 unspecified atom stereocenters. The molecule has 6 heteroatoms. The first kappa shape index (κ1) is 13.5. The summed E-state index contributed by atoms with van der Waals surface area (Å²) >= 11 is 0. The lowest BCUT2D eigenvalue weighted by Gasteiger charge is -2.25. The summed E-state index contributed by atoms with van der Waals surface area (Å²) in [7, 11) is 0. The van der Waals surface area contributed by atoms with Crippen molar-refractivity contribution in [1.29, 1.82) is 0 Å². The first-order valence-corrected chi connectivity index (χ1v) is 7.64. The Hall–Kier alpha value is -2.21. The van der Waals surface area contributed by atoms with Crippen molar-refractivity contribution >= 4 is 23.4 Å². The summed E-state index contributed by atoms with van der Waals surface area (Å²) in [6.07, 6.45) is 0. The number of benzene rings is 1. The van der Waals surface area contributed by atoms with Crippen molar-refractivity contribution in [3.05, 3.63) is 29.8 Å². The molecule has 0 aliphatic carbocycles. The van der Waals surface area contributed by atoms with E-state index >= 15 is 0 Å². The van der Waals surface area contributed by atoms with E-state index in [-0.39, 0.29) is 23.8 Å². The van der Waals surface area contributed by atoms with E-state index in [1.165, 1.54) is 4.90 Å². The van der Waals surface area contributed by atoms with Crippen LogP contribution < -0.4 is 10.6 Å². The molecule has 3 amide bonds. The number of imide groups is 1. The van der Waals surface area contributed by atoms with Gasteiger partial charge in [0.2, 0.25) is 17.4 Å². The van der Waals surface area contributed by atoms with Gasteiger partial charge in [-0.3, -0.25) is 19.3 Å². The summed E-state index contributed by atoms with van der Waals surface area (Å²) in [4.78, 5) is 39.4. The Morgan fingerprint density at radius 3 is 2.68 bits per heavy atom. The molecule has 114 valence electrons. The average molecular weight is 300 g/mol. The van der Waals surface area contributed by atoms with Crippen LogP contribution in [0.2, 0.25) is 0 Å². The number of likely N-dealkylation sites (tertiary alicyclic amines) is 1. The zero-order chi connectivity index (χ0) is 15.6. The predicted molar refractivity (Wildman–Crippen MR) is 77.5 cm³/mol. The molecule has 3 N–H and O–H groups in total. The van der Waals surface area contributed by atoms with Crippen LogP contribution in [0.25, 0.3) is 0 Å². The van der Waals surface area contributed by atoms with Gasteiger partial charge in [-0.15, -0.1) is 0 Å². The number of anilines is 1. The van der Waals surface area contributed by atoms with E-state index in [9.17, 15) is 14.4 Å². The standard InChI is InChI=1S/C16H17N3O3/c1-3-19-13(20)11-8(2)18-16(12(11)14(19)21)9-6-4-5-7-10(9)17-15(16)22/h4-8,11-12,18H,3H2,1-2H3,(H,17,22)/p+1/t8-,11+,12-,16+/m0/s1. The smallest absolute Gasteiger partial charge is 0.291 e. The third-order valence-electron chi connectivity index (χ3n) is 5.34. The molecule has 2 saturated heterocycles. The fourth-order valence-electron chi connectivity index (χ4n) is 4.47. The third kappa shape index (κ3) is 1.31. The van der Waals surface area contributed by atoms with Crippen molar-refractivity contribution in [1.82, 2.24) is 4.90 Å². The van der Waals surface area contributed by atoms with Crippen molar-refractivity contribution in [2.75, 3.05) is 11.9 Å². The van der Waals surface area contributed by atoms with Crippen LogP contribution in [0.15, 0.2) is 24.3 Å². The highest BCUT2D eigenvalue weighted by Crippen LogP contribution is 2.48. The van der Waals surface area contributed by atoms with Crippen molar-refractivity contribution in [2.24, 2.45) is 11.8 Å². The SMILES string of the molecule is CCN1C(=O)[C@@H]2[C@H](C)[NH2+][C@@]3(C(=O)Nc4ccccc43)[C@@H]2C1=O. The van der Waals surface area contributed by atoms with E-state index in [1.54, 1.807) is 6.92 Å². The summed E-state index contributed by atoms with van der Waals surface area (Å²) in [6.45, 7) is 4.07. The zero-order valence-electron chi connectivity index (χ0n) is 12.5. The van der Waals surface area contributed by atoms with Crippen LogP contribution >= 0.6 is 0 Å². The lowest BCUT2D eigenvalue weighted by molar-refractivity contribution is -0.730. The van der Waals surface area contributed by atoms with E-state index < -0.39 is 17.4 Å². The second-order valence-electron chi connectivity index (χ2n) is 6.32. The first-order chi connectivity index (χ1) is 10.5. The van der Waals surface area contributed by atoms with Gasteiger partial charge in [-0.05, 0) is 19.9 Å². The molecule has 22 heavy (non-hydrogen) atoms. The number of carbonyl (C=O) groups is 3. The molecule has 2 fully saturated rings. The number of hydrogen-bond donors (Lipinski definition) is 2. The molecular formula is C16H18N3O3+. The van der Waals surface area contributed by atoms with Gasteiger partial charge in [0.15, 0.2) is 0 Å². The van der Waals surface area contributed by atoms with Crippen LogP contribution in [0.5, 0.6) is 0 Å². The summed E-state index contributed by atoms with van der Waals surface area (Å²) in [5, 5.41) is 4.79. The number of rotatable bonds is 1. The largest absolute Gasteiger partial charge is 0.326 e. The Morgan fingerprint density at radius 1 is 1.23 bits per heavy atom. The first-order valence-electron chi connectivity index (χ1n) is 7.64. The number of nitrogens with one attached hydrogen (secondary N) is 1. The Balaban J connectivity index is 1.92. The van der Waals surface area contributed by atoms with Crippen molar-refractivity contribution < 1.29 is 19.7 Å². The zero-order valence-corrected chi connectivity index (χ0v) is 12.5. The highest BCUT2D eigenvalue weighted by atomic mass is 16.2. The summed E-state index contributed by atoms with van der Waals surface area (Å²) in [5.74, 6) is -1.59. The quantitative estimate of drug-likeness (QED) is 0.681. The van der Waals surface area contributed by atoms with Gasteiger partial charge < -0.3 is 10.6 Å². The molecule has 0 bridgehead atoms. The van der Waals surface area contributed by atoms with E-state index in [1.807, 2.05) is 36.5 Å². The van der Waals surface area contributed by atoms with Crippen molar-refractivity contribution in [3.8, 4) is 0 Å². The molecule has 1 aromatic rings. The number of amides is 3. The molecule has 4 rings (SSSR count). The number of quaternary nitrogens is 1. The van der Waals surface area contributed by atoms with Crippen LogP contribution in [-0.2, 0) is 19.9 Å². The average Bonchev–Trinajstić information content (AvgIpc) is 3.05. The van der Waals surface area contributed by atoms with Crippen LogP contribution in [0.4, 0.5) is 5.69 Å². The number of carbonyl (C=O) groups excluding carboxylic acids is 3. The predicted octanol–water partition coefficient (Wildman–Crippen LogP) is -0.579. The number of hydrogen-bond acceptors (Lipinski definition) is 3. The normalized spacial score (nSPS) is 36.0. The topological polar surface area (TPSA) is 83.1 Å². The second kappa shape index (κ2) is 4.16. The van der Waals surface area contributed by atoms with Crippen LogP contribution in [0.3, 0.4) is 0 Å². The molecule has 4 atom stereocenters. The van der Waals surface area contributed by atoms with E-state index in [0.717, 1.165) is 11.3 Å². The number of nitrogens with zero attached hydrogens (tertiary/aromatic N) is 1. The molecular weight excluding hydrogens is 282 g/mol. The van der Waals surface area contributed by atoms with Gasteiger partial charge in [0.1, 0.15) is 11.8 Å². The van der Waals surface area contributed by atoms with Gasteiger partial charge in [-0.25, -0.2) is 0 Å². The van der Waals surface area contributed by atoms with Gasteiger partial charge >= 0.3 is 0 Å². The lowest BCUT2D eigenvalue weighted by atomic mass is 9.76. The van der Waals surface area contributed by atoms with Crippen LogP contribution in [0.1, 0.15) is 19.4 Å². The number of para-hydroxylation sites is 1. The minimum Gasteiger partial charge on any atom is -0.326 e. The Morgan fingerprint density at radius 2 is 1.95 bits per heavy atom. The monoisotopic (exact) mass is 300 g/mol. The van der Waals surface area contributed by atoms with Crippen LogP contribution in [0, 0.1) is 11.8 Å². The minimum atomic E-state index is -1.00. The Labute approximate surface area is 127 Å². The summed E-state index contributed by atoms with van der Waals surface area (Å²) < 4.78 is 0. The molecule has 0 saturated carbocycles. The fourth-order valence-corrected chi connectivity index (χ4v) is 4.47. The maximum absolute atomic E-state index is 12.8. The lowest BCUT2D eigenvalue weighted by Crippen LogP contribution is -2.98. The highest BCUT2D eigenvalue weighted by molar-refractivity contribution is 6.13. The fraction of sp³-hybridized carbons (Fsp3) is 0.438. The Bertz CT molecular complexity index is 716. The van der Waals surface area contributed by atoms with Crippen LogP contribution in [-0.4, -0.2) is 35.2 Å². The van der Waals surface area contributed by atoms with Crippen molar-refractivity contribution in [3.63, 3.8) is 0 Å². The summed E-state index contributed by atoms with van der Waals surface area (Å²) in [5.41, 5.74) is 0.558. The Kier molecular flexibility index (Phi) is 2.55. The molecule has 1 spiro atoms. The molecule has 3 aliphatic heterocycles. The van der Waals surface area contributed by atoms with Gasteiger partial charge in [-0.2, -0.15) is 0 Å². The van der Waals surface area contributed by atoms with E-state index in [0.29, 0.717) is 6.54 Å². The maximum atomic E-state index is 12.8. The minimum absolute atomic E-state index is 0.102. The van der Waals surface area contributed by atoms with E-state index in [4.69, 9.17) is 0 Å². The molecule has 0 aromatic heterocycles. The van der Waals surface area contributed by atoms with Gasteiger partial charge in [0, 0.05) is 12.1 Å². The number of fused-ring (bicyclic) bond motifs is 4. The molecule has 0 radical (unpaired) electrons. The molecule has 3 aliphatic rings. The second-order valence-corrected chi connectivity index (χ2v) is 6.32. The summed E-state index contributed by atoms with van der Waals surface area (Å²) in [6, 6.07) is 7.34. The van der Waals surface area contributed by atoms with Crippen molar-refractivity contribution in [2.45, 2.75) is 25.4 Å². The maximum Gasteiger partial charge on any atom is 0.291 e. The molecule has 1 aromatic carbocycles. The molecule has 3 heterocycles. The molecule has 6 nitrogen and oxygen atoms in total. The number of nitrogens with two attached hydrogens (primary N) is 1. The van der Waals surface area contributed by atoms with Gasteiger partial charge in [0.05, 0.1) is 11.7 Å². The van der Waals surface area contributed by atoms with Gasteiger partial charge in [0.25, 0.3) is 5.91 Å². The van der Waals surface area contributed by atoms with E-state index in [2.05, 4.69) is 5.32 Å².